The van der Waals surface area contributed by atoms with Gasteiger partial charge in [0.15, 0.2) is 0 Å². The molecule has 0 bridgehead atoms. The molecule has 16 heteroatoms. The summed E-state index contributed by atoms with van der Waals surface area (Å²) in [5.74, 6) is -3.56. The number of fused-ring (bicyclic) bond motifs is 1. The predicted octanol–water partition coefficient (Wildman–Crippen LogP) is 1.72. The van der Waals surface area contributed by atoms with E-state index in [0.29, 0.717) is 23.4 Å². The van der Waals surface area contributed by atoms with E-state index in [1.807, 2.05) is 0 Å². The number of amides is 6. The summed E-state index contributed by atoms with van der Waals surface area (Å²) in [6.07, 6.45) is 0. The largest absolute Gasteiger partial charge is 0.456 e. The maximum absolute atomic E-state index is 13.5. The average molecular weight is 647 g/mol. The summed E-state index contributed by atoms with van der Waals surface area (Å²) in [6, 6.07) is 5.00. The molecule has 0 aromatic heterocycles. The van der Waals surface area contributed by atoms with Crippen molar-refractivity contribution in [1.29, 1.82) is 0 Å². The van der Waals surface area contributed by atoms with E-state index < -0.39 is 63.5 Å². The first-order valence-electron chi connectivity index (χ1n) is 12.5. The molecule has 0 radical (unpaired) electrons. The topological polar surface area (TPSA) is 145 Å². The molecular formula is C25H26Cl3N5O7S. The second-order valence-electron chi connectivity index (χ2n) is 9.35. The van der Waals surface area contributed by atoms with Gasteiger partial charge in [0.05, 0.1) is 0 Å². The molecule has 3 aliphatic rings. The van der Waals surface area contributed by atoms with Crippen LogP contribution in [-0.4, -0.2) is 97.5 Å². The van der Waals surface area contributed by atoms with Crippen LogP contribution in [0.25, 0.3) is 0 Å². The van der Waals surface area contributed by atoms with Gasteiger partial charge in [-0.05, 0) is 25.0 Å². The zero-order chi connectivity index (χ0) is 30.1. The third kappa shape index (κ3) is 6.58. The minimum atomic E-state index is -1.83. The lowest BCUT2D eigenvalue weighted by Gasteiger charge is -2.49. The molecule has 3 aliphatic heterocycles. The van der Waals surface area contributed by atoms with Crippen LogP contribution in [0.5, 0.6) is 0 Å². The van der Waals surface area contributed by atoms with E-state index in [2.05, 4.69) is 10.6 Å². The lowest BCUT2D eigenvalue weighted by atomic mass is 10.0. The number of urea groups is 1. The molecule has 0 spiro atoms. The Bertz CT molecular complexity index is 1310. The molecule has 0 aliphatic carbocycles. The van der Waals surface area contributed by atoms with E-state index in [-0.39, 0.29) is 18.8 Å². The highest BCUT2D eigenvalue weighted by molar-refractivity contribution is 8.00. The van der Waals surface area contributed by atoms with Crippen molar-refractivity contribution in [3.8, 4) is 0 Å². The Hall–Kier alpha value is -3.00. The molecule has 220 valence electrons. The highest BCUT2D eigenvalue weighted by Crippen LogP contribution is 2.41. The number of rotatable bonds is 7. The number of carbonyl (C=O) groups is 6. The van der Waals surface area contributed by atoms with Gasteiger partial charge in [-0.2, -0.15) is 0 Å². The minimum Gasteiger partial charge on any atom is -0.456 e. The van der Waals surface area contributed by atoms with E-state index >= 15 is 0 Å². The number of halogens is 3. The Morgan fingerprint density at radius 2 is 1.78 bits per heavy atom. The molecule has 2 fully saturated rings. The Kier molecular flexibility index (Phi) is 9.42. The van der Waals surface area contributed by atoms with Gasteiger partial charge in [-0.15, -0.1) is 11.8 Å². The van der Waals surface area contributed by atoms with E-state index in [4.69, 9.17) is 39.5 Å². The van der Waals surface area contributed by atoms with Gasteiger partial charge in [-0.25, -0.2) is 9.59 Å². The molecule has 1 aromatic rings. The number of β-lactam (4-membered cyclic amide) rings is 1. The fourth-order valence-corrected chi connectivity index (χ4v) is 5.99. The van der Waals surface area contributed by atoms with E-state index in [1.54, 1.807) is 44.2 Å². The van der Waals surface area contributed by atoms with Crippen molar-refractivity contribution in [3.63, 3.8) is 0 Å². The number of carbonyl (C=O) groups excluding carboxylic acids is 6. The van der Waals surface area contributed by atoms with Crippen LogP contribution in [0.1, 0.15) is 25.5 Å². The quantitative estimate of drug-likeness (QED) is 0.197. The number of nitrogens with one attached hydrogen (secondary N) is 2. The molecule has 3 heterocycles. The summed E-state index contributed by atoms with van der Waals surface area (Å²) in [4.78, 5) is 80.5. The first-order valence-corrected chi connectivity index (χ1v) is 14.7. The number of likely N-dealkylation sites (N-methyl/N-ethyl adjacent to an activating group) is 1. The molecule has 1 aromatic carbocycles. The first kappa shape index (κ1) is 30.9. The number of thioether (sulfide) groups is 1. The Balaban J connectivity index is 1.48. The number of nitrogens with zero attached hydrogens (tertiary/aromatic N) is 3. The smallest absolute Gasteiger partial charge is 0.355 e. The van der Waals surface area contributed by atoms with E-state index in [0.717, 1.165) is 4.90 Å². The van der Waals surface area contributed by atoms with Crippen molar-refractivity contribution < 1.29 is 33.5 Å². The summed E-state index contributed by atoms with van der Waals surface area (Å²) in [5, 5.41) is 4.55. The number of alkyl halides is 3. The Morgan fingerprint density at radius 1 is 1.10 bits per heavy atom. The summed E-state index contributed by atoms with van der Waals surface area (Å²) in [5.41, 5.74) is 0.979. The van der Waals surface area contributed by atoms with Crippen LogP contribution in [0.15, 0.2) is 41.6 Å². The Labute approximate surface area is 254 Å². The van der Waals surface area contributed by atoms with Crippen LogP contribution in [0, 0.1) is 0 Å². The van der Waals surface area contributed by atoms with Crippen LogP contribution in [0.2, 0.25) is 0 Å². The van der Waals surface area contributed by atoms with Crippen molar-refractivity contribution in [2.75, 3.05) is 32.0 Å². The SMILES string of the molecule is CCN1CCN(C(=O)NC(C(=O)NC2C(=O)N3C(C(=O)OCC(Cl)(Cl)Cl)=C(C)CS[C@H]23)c2ccccc2)C(=O)C1=O. The summed E-state index contributed by atoms with van der Waals surface area (Å²) in [6.45, 7) is 3.32. The molecular weight excluding hydrogens is 621 g/mol. The van der Waals surface area contributed by atoms with E-state index in [1.165, 1.54) is 21.6 Å². The molecule has 2 saturated heterocycles. The van der Waals surface area contributed by atoms with Crippen molar-refractivity contribution >= 4 is 82.2 Å². The fraction of sp³-hybridized carbons (Fsp3) is 0.440. The number of hydrogen-bond donors (Lipinski definition) is 2. The number of hydrogen-bond acceptors (Lipinski definition) is 8. The average Bonchev–Trinajstić information content (AvgIpc) is 2.94. The number of esters is 1. The van der Waals surface area contributed by atoms with Gasteiger partial charge >= 0.3 is 23.8 Å². The normalized spacial score (nSPS) is 21.7. The molecule has 2 unspecified atom stereocenters. The summed E-state index contributed by atoms with van der Waals surface area (Å²) in [7, 11) is 0. The van der Waals surface area contributed by atoms with Gasteiger partial charge in [0.2, 0.25) is 9.70 Å². The lowest BCUT2D eigenvalue weighted by molar-refractivity contribution is -0.153. The van der Waals surface area contributed by atoms with E-state index in [9.17, 15) is 28.8 Å². The first-order chi connectivity index (χ1) is 19.3. The van der Waals surface area contributed by atoms with Crippen LogP contribution in [0.4, 0.5) is 4.79 Å². The summed E-state index contributed by atoms with van der Waals surface area (Å²) < 4.78 is 3.24. The fourth-order valence-electron chi connectivity index (χ4n) is 4.53. The standard InChI is InChI=1S/C25H26Cl3N5O7S/c1-3-31-9-10-32(21(37)20(31)36)24(39)30-15(14-7-5-4-6-8-14)18(34)29-16-19(35)33-17(13(2)11-41-22(16)33)23(38)40-12-25(26,27)28/h4-8,15-16,22H,3,9-12H2,1-2H3,(H,29,34)(H,30,39)/t15?,16?,22-/m1/s1. The molecule has 3 atom stereocenters. The highest BCUT2D eigenvalue weighted by atomic mass is 35.6. The number of benzene rings is 1. The highest BCUT2D eigenvalue weighted by Gasteiger charge is 2.54. The van der Waals surface area contributed by atoms with Crippen molar-refractivity contribution in [2.45, 2.75) is 35.1 Å². The van der Waals surface area contributed by atoms with Crippen molar-refractivity contribution in [3.05, 3.63) is 47.2 Å². The maximum Gasteiger partial charge on any atom is 0.355 e. The van der Waals surface area contributed by atoms with Crippen LogP contribution in [0.3, 0.4) is 0 Å². The lowest BCUT2D eigenvalue weighted by Crippen LogP contribution is -2.71. The second-order valence-corrected chi connectivity index (χ2v) is 13.0. The van der Waals surface area contributed by atoms with Crippen LogP contribution in [-0.2, 0) is 28.7 Å². The zero-order valence-corrected chi connectivity index (χ0v) is 25.0. The van der Waals surface area contributed by atoms with Gasteiger partial charge in [-0.1, -0.05) is 65.1 Å². The maximum atomic E-state index is 13.5. The van der Waals surface area contributed by atoms with Gasteiger partial charge in [-0.3, -0.25) is 29.0 Å². The predicted molar refractivity (Wildman–Crippen MR) is 151 cm³/mol. The minimum absolute atomic E-state index is 0.0146. The van der Waals surface area contributed by atoms with Crippen molar-refractivity contribution in [1.82, 2.24) is 25.3 Å². The Morgan fingerprint density at radius 3 is 2.41 bits per heavy atom. The molecule has 6 amide bonds. The van der Waals surface area contributed by atoms with Gasteiger partial charge in [0.25, 0.3) is 5.91 Å². The monoisotopic (exact) mass is 645 g/mol. The molecule has 41 heavy (non-hydrogen) atoms. The summed E-state index contributed by atoms with van der Waals surface area (Å²) >= 11 is 18.3. The van der Waals surface area contributed by atoms with Gasteiger partial charge < -0.3 is 20.3 Å². The van der Waals surface area contributed by atoms with Crippen LogP contribution < -0.4 is 10.6 Å². The third-order valence-corrected chi connectivity index (χ3v) is 8.37. The zero-order valence-electron chi connectivity index (χ0n) is 21.9. The number of imide groups is 1. The third-order valence-electron chi connectivity index (χ3n) is 6.62. The second kappa shape index (κ2) is 12.5. The van der Waals surface area contributed by atoms with Gasteiger partial charge in [0, 0.05) is 25.4 Å². The number of piperazine rings is 1. The van der Waals surface area contributed by atoms with Crippen LogP contribution >= 0.6 is 46.6 Å². The molecule has 12 nitrogen and oxygen atoms in total. The molecule has 2 N–H and O–H groups in total. The molecule has 0 saturated carbocycles. The number of ether oxygens (including phenoxy) is 1. The van der Waals surface area contributed by atoms with Gasteiger partial charge in [0.1, 0.15) is 29.8 Å². The van der Waals surface area contributed by atoms with Crippen molar-refractivity contribution in [2.24, 2.45) is 0 Å². The molecule has 4 rings (SSSR count).